The molecule has 0 spiro atoms. The van der Waals surface area contributed by atoms with Gasteiger partial charge in [0.05, 0.1) is 25.4 Å². The van der Waals surface area contributed by atoms with Crippen LogP contribution in [0.4, 0.5) is 0 Å². The second-order valence-corrected chi connectivity index (χ2v) is 7.66. The van der Waals surface area contributed by atoms with Crippen molar-refractivity contribution in [3.63, 3.8) is 0 Å². The van der Waals surface area contributed by atoms with E-state index in [2.05, 4.69) is 10.1 Å². The van der Waals surface area contributed by atoms with Crippen molar-refractivity contribution >= 4 is 11.6 Å². The topological polar surface area (TPSA) is 117 Å². The van der Waals surface area contributed by atoms with Gasteiger partial charge in [0.25, 0.3) is 5.56 Å². The average Bonchev–Trinajstić information content (AvgIpc) is 3.26. The lowest BCUT2D eigenvalue weighted by molar-refractivity contribution is -0.132. The molecule has 9 heteroatoms. The second kappa shape index (κ2) is 9.15. The molecule has 4 rings (SSSR count). The molecule has 170 valence electrons. The highest BCUT2D eigenvalue weighted by Crippen LogP contribution is 2.34. The van der Waals surface area contributed by atoms with Gasteiger partial charge in [0, 0.05) is 12.8 Å². The van der Waals surface area contributed by atoms with Crippen LogP contribution in [0.1, 0.15) is 42.5 Å². The molecule has 2 aromatic carbocycles. The zero-order valence-electron chi connectivity index (χ0n) is 18.3. The molecule has 0 fully saturated rings. The quantitative estimate of drug-likeness (QED) is 0.601. The maximum Gasteiger partial charge on any atom is 0.331 e. The van der Waals surface area contributed by atoms with Crippen LogP contribution in [0, 0.1) is 0 Å². The lowest BCUT2D eigenvalue weighted by Crippen LogP contribution is -2.34. The summed E-state index contributed by atoms with van der Waals surface area (Å²) in [5.74, 6) is -0.0293. The number of hydrogen-bond donors (Lipinski definition) is 2. The number of methoxy groups -OCH3 is 1. The minimum absolute atomic E-state index is 0.0715. The first-order chi connectivity index (χ1) is 15.9. The Bertz CT molecular complexity index is 1310. The van der Waals surface area contributed by atoms with Crippen LogP contribution in [0.5, 0.6) is 11.6 Å². The summed E-state index contributed by atoms with van der Waals surface area (Å²) >= 11 is 0. The Hall–Kier alpha value is -4.14. The van der Waals surface area contributed by atoms with Crippen molar-refractivity contribution in [1.29, 1.82) is 0 Å². The van der Waals surface area contributed by atoms with Gasteiger partial charge in [0.2, 0.25) is 11.8 Å². The van der Waals surface area contributed by atoms with Gasteiger partial charge in [-0.3, -0.25) is 19.1 Å². The summed E-state index contributed by atoms with van der Waals surface area (Å²) in [7, 11) is 1.57. The van der Waals surface area contributed by atoms with E-state index in [4.69, 9.17) is 4.74 Å². The van der Waals surface area contributed by atoms with Crippen LogP contribution in [-0.2, 0) is 11.3 Å². The third-order valence-electron chi connectivity index (χ3n) is 5.61. The maximum atomic E-state index is 12.7. The summed E-state index contributed by atoms with van der Waals surface area (Å²) < 4.78 is 6.29. The molecule has 9 nitrogen and oxygen atoms in total. The van der Waals surface area contributed by atoms with Crippen LogP contribution >= 0.6 is 0 Å². The summed E-state index contributed by atoms with van der Waals surface area (Å²) in [6.45, 7) is 1.80. The molecule has 1 atom stereocenters. The van der Waals surface area contributed by atoms with E-state index < -0.39 is 23.2 Å². The molecule has 3 aromatic rings. The van der Waals surface area contributed by atoms with Crippen molar-refractivity contribution in [2.75, 3.05) is 7.11 Å². The van der Waals surface area contributed by atoms with E-state index in [9.17, 15) is 19.5 Å². The summed E-state index contributed by atoms with van der Waals surface area (Å²) in [6.07, 6.45) is 0.428. The van der Waals surface area contributed by atoms with E-state index >= 15 is 0 Å². The van der Waals surface area contributed by atoms with Crippen LogP contribution in [0.15, 0.2) is 69.3 Å². The number of nitrogens with one attached hydrogen (secondary N) is 1. The Morgan fingerprint density at radius 3 is 2.48 bits per heavy atom. The van der Waals surface area contributed by atoms with Gasteiger partial charge in [-0.15, -0.1) is 0 Å². The molecule has 2 heterocycles. The molecule has 1 aliphatic rings. The highest BCUT2D eigenvalue weighted by Gasteiger charge is 2.35. The molecule has 0 aliphatic carbocycles. The van der Waals surface area contributed by atoms with Crippen molar-refractivity contribution < 1.29 is 14.6 Å². The van der Waals surface area contributed by atoms with Crippen molar-refractivity contribution in [3.8, 4) is 11.6 Å². The van der Waals surface area contributed by atoms with E-state index in [1.165, 1.54) is 5.01 Å². The lowest BCUT2D eigenvalue weighted by Gasteiger charge is -2.21. The van der Waals surface area contributed by atoms with Crippen molar-refractivity contribution in [3.05, 3.63) is 92.1 Å². The fraction of sp³-hybridized carbons (Fsp3) is 0.250. The van der Waals surface area contributed by atoms with E-state index in [1.54, 1.807) is 26.2 Å². The maximum absolute atomic E-state index is 12.7. The molecule has 0 radical (unpaired) electrons. The minimum Gasteiger partial charge on any atom is -0.497 e. The number of benzene rings is 2. The lowest BCUT2D eigenvalue weighted by atomic mass is 9.99. The number of carbonyl (C=O) groups is 1. The van der Waals surface area contributed by atoms with Gasteiger partial charge in [0.1, 0.15) is 11.3 Å². The number of H-pyrrole nitrogens is 1. The molecule has 0 saturated heterocycles. The molecule has 1 amide bonds. The molecular weight excluding hydrogens is 424 g/mol. The predicted molar refractivity (Wildman–Crippen MR) is 123 cm³/mol. The highest BCUT2D eigenvalue weighted by atomic mass is 16.5. The third-order valence-corrected chi connectivity index (χ3v) is 5.61. The average molecular weight is 448 g/mol. The Morgan fingerprint density at radius 1 is 1.15 bits per heavy atom. The molecule has 0 unspecified atom stereocenters. The largest absolute Gasteiger partial charge is 0.497 e. The number of amides is 1. The van der Waals surface area contributed by atoms with Crippen LogP contribution in [0.25, 0.3) is 0 Å². The number of aromatic hydroxyl groups is 1. The molecular formula is C24H24N4O5. The van der Waals surface area contributed by atoms with Gasteiger partial charge >= 0.3 is 5.69 Å². The van der Waals surface area contributed by atoms with Gasteiger partial charge in [-0.05, 0) is 23.3 Å². The summed E-state index contributed by atoms with van der Waals surface area (Å²) in [5, 5.41) is 16.7. The fourth-order valence-electron chi connectivity index (χ4n) is 3.87. The van der Waals surface area contributed by atoms with Gasteiger partial charge in [-0.2, -0.15) is 5.10 Å². The SMILES string of the molecule is CCC(=O)N1N=C(c2c(O)n(Cc3ccccc3)c(=O)[nH]c2=O)C[C@@H]1c1ccc(OC)cc1. The molecule has 2 N–H and O–H groups in total. The Labute approximate surface area is 189 Å². The van der Waals surface area contributed by atoms with Crippen LogP contribution in [0.3, 0.4) is 0 Å². The molecule has 0 bridgehead atoms. The Balaban J connectivity index is 1.76. The number of rotatable bonds is 6. The number of aromatic amines is 1. The van der Waals surface area contributed by atoms with E-state index in [1.807, 2.05) is 42.5 Å². The molecule has 0 saturated carbocycles. The van der Waals surface area contributed by atoms with E-state index in [-0.39, 0.29) is 36.6 Å². The van der Waals surface area contributed by atoms with Crippen LogP contribution < -0.4 is 16.0 Å². The van der Waals surface area contributed by atoms with E-state index in [0.29, 0.717) is 5.75 Å². The first kappa shape index (κ1) is 22.1. The number of carbonyl (C=O) groups excluding carboxylic acids is 1. The zero-order chi connectivity index (χ0) is 23.5. The minimum atomic E-state index is -0.750. The summed E-state index contributed by atoms with van der Waals surface area (Å²) in [6, 6.07) is 15.9. The monoisotopic (exact) mass is 448 g/mol. The molecule has 1 aromatic heterocycles. The number of nitrogens with zero attached hydrogens (tertiary/aromatic N) is 3. The number of hydrazone groups is 1. The summed E-state index contributed by atoms with van der Waals surface area (Å²) in [5.41, 5.74) is 0.232. The highest BCUT2D eigenvalue weighted by molar-refractivity contribution is 6.04. The Morgan fingerprint density at radius 2 is 1.85 bits per heavy atom. The van der Waals surface area contributed by atoms with Crippen LogP contribution in [0.2, 0.25) is 0 Å². The van der Waals surface area contributed by atoms with Crippen molar-refractivity contribution in [2.45, 2.75) is 32.4 Å². The Kier molecular flexibility index (Phi) is 6.12. The number of hydrogen-bond acceptors (Lipinski definition) is 6. The first-order valence-electron chi connectivity index (χ1n) is 10.6. The molecule has 1 aliphatic heterocycles. The fourth-order valence-corrected chi connectivity index (χ4v) is 3.87. The zero-order valence-corrected chi connectivity index (χ0v) is 18.3. The third kappa shape index (κ3) is 4.30. The van der Waals surface area contributed by atoms with Crippen LogP contribution in [-0.4, -0.2) is 38.4 Å². The van der Waals surface area contributed by atoms with Gasteiger partial charge in [-0.25, -0.2) is 9.80 Å². The van der Waals surface area contributed by atoms with E-state index in [0.717, 1.165) is 15.7 Å². The van der Waals surface area contributed by atoms with Crippen molar-refractivity contribution in [2.24, 2.45) is 5.10 Å². The summed E-state index contributed by atoms with van der Waals surface area (Å²) in [4.78, 5) is 40.0. The predicted octanol–water partition coefficient (Wildman–Crippen LogP) is 2.39. The number of aromatic nitrogens is 2. The first-order valence-corrected chi connectivity index (χ1v) is 10.6. The van der Waals surface area contributed by atoms with Gasteiger partial charge < -0.3 is 9.84 Å². The second-order valence-electron chi connectivity index (χ2n) is 7.66. The van der Waals surface area contributed by atoms with Gasteiger partial charge in [0.15, 0.2) is 0 Å². The molecule has 33 heavy (non-hydrogen) atoms. The number of ether oxygens (including phenoxy) is 1. The van der Waals surface area contributed by atoms with Gasteiger partial charge in [-0.1, -0.05) is 49.4 Å². The normalized spacial score (nSPS) is 15.4. The standard InChI is InChI=1S/C24H24N4O5/c1-3-20(29)28-19(16-9-11-17(33-2)12-10-16)13-18(26-28)21-22(30)25-24(32)27(23(21)31)14-15-7-5-4-6-8-15/h4-12,19,31H,3,13-14H2,1-2H3,(H,25,30,32)/t19-/m1/s1. The van der Waals surface area contributed by atoms with Crippen molar-refractivity contribution in [1.82, 2.24) is 14.6 Å². The smallest absolute Gasteiger partial charge is 0.331 e.